The van der Waals surface area contributed by atoms with Gasteiger partial charge >= 0.3 is 0 Å². The average molecular weight is 473 g/mol. The average Bonchev–Trinajstić information content (AvgIpc) is 2.98. The number of rotatable bonds is 8. The highest BCUT2D eigenvalue weighted by atomic mass is 35.5. The van der Waals surface area contributed by atoms with Gasteiger partial charge in [0.1, 0.15) is 4.32 Å². The summed E-state index contributed by atoms with van der Waals surface area (Å²) in [5.41, 5.74) is 4.02. The molecule has 1 aliphatic heterocycles. The molecule has 162 valence electrons. The molecule has 7 heteroatoms. The molecule has 2 aromatic carbocycles. The minimum Gasteiger partial charge on any atom is -0.326 e. The van der Waals surface area contributed by atoms with E-state index in [0.29, 0.717) is 27.2 Å². The Hall–Kier alpha value is -2.15. The van der Waals surface area contributed by atoms with Crippen LogP contribution in [0.3, 0.4) is 0 Å². The number of hydrogen-bond donors (Lipinski definition) is 1. The Kier molecular flexibility index (Phi) is 8.29. The molecule has 1 aliphatic rings. The highest BCUT2D eigenvalue weighted by molar-refractivity contribution is 8.26. The van der Waals surface area contributed by atoms with Gasteiger partial charge in [0.25, 0.3) is 5.91 Å². The third kappa shape index (κ3) is 6.66. The lowest BCUT2D eigenvalue weighted by molar-refractivity contribution is -0.122. The summed E-state index contributed by atoms with van der Waals surface area (Å²) >= 11 is 12.6. The maximum atomic E-state index is 12.7. The van der Waals surface area contributed by atoms with Crippen LogP contribution >= 0.6 is 35.6 Å². The van der Waals surface area contributed by atoms with Crippen LogP contribution in [0.15, 0.2) is 47.4 Å². The number of benzene rings is 2. The fraction of sp³-hybridized carbons (Fsp3) is 0.292. The van der Waals surface area contributed by atoms with Gasteiger partial charge in [0.15, 0.2) is 0 Å². The van der Waals surface area contributed by atoms with E-state index >= 15 is 0 Å². The molecular formula is C24H25ClN2O2S2. The van der Waals surface area contributed by atoms with Gasteiger partial charge in [-0.2, -0.15) is 0 Å². The highest BCUT2D eigenvalue weighted by Gasteiger charge is 2.31. The number of anilines is 1. The van der Waals surface area contributed by atoms with Gasteiger partial charge in [-0.1, -0.05) is 71.8 Å². The Bertz CT molecular complexity index is 1020. The molecule has 1 fully saturated rings. The van der Waals surface area contributed by atoms with Gasteiger partial charge in [0.05, 0.1) is 4.91 Å². The first-order valence-electron chi connectivity index (χ1n) is 10.2. The molecule has 0 aliphatic carbocycles. The smallest absolute Gasteiger partial charge is 0.266 e. The first-order valence-corrected chi connectivity index (χ1v) is 11.8. The molecule has 0 atom stereocenters. The summed E-state index contributed by atoms with van der Waals surface area (Å²) in [5.74, 6) is -0.0407. The Morgan fingerprint density at radius 3 is 2.58 bits per heavy atom. The van der Waals surface area contributed by atoms with Crippen LogP contribution in [0.4, 0.5) is 5.69 Å². The quantitative estimate of drug-likeness (QED) is 0.276. The van der Waals surface area contributed by atoms with Gasteiger partial charge in [-0.25, -0.2) is 0 Å². The summed E-state index contributed by atoms with van der Waals surface area (Å²) in [6, 6.07) is 13.3. The van der Waals surface area contributed by atoms with Crippen molar-refractivity contribution < 1.29 is 9.59 Å². The number of carbonyl (C=O) groups is 2. The van der Waals surface area contributed by atoms with Gasteiger partial charge in [-0.3, -0.25) is 14.5 Å². The first kappa shape index (κ1) is 23.5. The Morgan fingerprint density at radius 1 is 1.13 bits per heavy atom. The largest absolute Gasteiger partial charge is 0.326 e. The summed E-state index contributed by atoms with van der Waals surface area (Å²) < 4.78 is 0.581. The molecule has 2 aromatic rings. The number of nitrogens with zero attached hydrogens (tertiary/aromatic N) is 1. The number of nitrogens with one attached hydrogen (secondary N) is 1. The third-order valence-corrected chi connectivity index (χ3v) is 6.61. The third-order valence-electron chi connectivity index (χ3n) is 4.98. The van der Waals surface area contributed by atoms with Crippen LogP contribution in [0, 0.1) is 13.8 Å². The maximum absolute atomic E-state index is 12.7. The predicted molar refractivity (Wildman–Crippen MR) is 134 cm³/mol. The normalized spacial score (nSPS) is 15.1. The zero-order valence-corrected chi connectivity index (χ0v) is 20.0. The summed E-state index contributed by atoms with van der Waals surface area (Å²) in [4.78, 5) is 27.1. The number of unbranched alkanes of at least 4 members (excludes halogenated alkanes) is 2. The second-order valence-corrected chi connectivity index (χ2v) is 9.67. The van der Waals surface area contributed by atoms with Gasteiger partial charge in [0, 0.05) is 23.7 Å². The van der Waals surface area contributed by atoms with E-state index in [2.05, 4.69) is 11.4 Å². The second kappa shape index (κ2) is 10.9. The van der Waals surface area contributed by atoms with E-state index < -0.39 is 0 Å². The van der Waals surface area contributed by atoms with Crippen molar-refractivity contribution in [1.29, 1.82) is 0 Å². The topological polar surface area (TPSA) is 49.4 Å². The van der Waals surface area contributed by atoms with Gasteiger partial charge in [-0.05, 0) is 62.1 Å². The van der Waals surface area contributed by atoms with Crippen LogP contribution < -0.4 is 5.32 Å². The Balaban J connectivity index is 1.42. The molecule has 1 N–H and O–H groups in total. The maximum Gasteiger partial charge on any atom is 0.266 e. The van der Waals surface area contributed by atoms with Crippen molar-refractivity contribution in [3.05, 3.63) is 69.1 Å². The van der Waals surface area contributed by atoms with Crippen LogP contribution in [0.5, 0.6) is 0 Å². The number of amides is 2. The summed E-state index contributed by atoms with van der Waals surface area (Å²) in [6.45, 7) is 4.60. The number of aryl methyl sites for hydroxylation is 2. The van der Waals surface area contributed by atoms with E-state index in [4.69, 9.17) is 23.8 Å². The first-order chi connectivity index (χ1) is 14.8. The molecule has 31 heavy (non-hydrogen) atoms. The van der Waals surface area contributed by atoms with Crippen molar-refractivity contribution in [3.63, 3.8) is 0 Å². The molecule has 0 saturated carbocycles. The van der Waals surface area contributed by atoms with Crippen LogP contribution in [-0.4, -0.2) is 27.6 Å². The highest BCUT2D eigenvalue weighted by Crippen LogP contribution is 2.33. The van der Waals surface area contributed by atoms with Crippen molar-refractivity contribution in [2.24, 2.45) is 0 Å². The Morgan fingerprint density at radius 2 is 1.87 bits per heavy atom. The van der Waals surface area contributed by atoms with Crippen LogP contribution in [0.2, 0.25) is 5.02 Å². The fourth-order valence-electron chi connectivity index (χ4n) is 3.30. The summed E-state index contributed by atoms with van der Waals surface area (Å²) in [6.07, 6.45) is 4.73. The number of thioether (sulfide) groups is 1. The fourth-order valence-corrected chi connectivity index (χ4v) is 4.74. The summed E-state index contributed by atoms with van der Waals surface area (Å²) in [7, 11) is 0. The molecule has 4 nitrogen and oxygen atoms in total. The van der Waals surface area contributed by atoms with Gasteiger partial charge in [0.2, 0.25) is 5.91 Å². The monoisotopic (exact) mass is 472 g/mol. The van der Waals surface area contributed by atoms with Crippen molar-refractivity contribution >= 4 is 63.5 Å². The lowest BCUT2D eigenvalue weighted by atomic mass is 10.1. The molecule has 1 saturated heterocycles. The Labute approximate surface area is 198 Å². The number of halogens is 1. The lowest BCUT2D eigenvalue weighted by Gasteiger charge is -2.14. The van der Waals surface area contributed by atoms with E-state index in [1.54, 1.807) is 17.0 Å². The second-order valence-electron chi connectivity index (χ2n) is 7.56. The summed E-state index contributed by atoms with van der Waals surface area (Å²) in [5, 5.41) is 3.63. The molecule has 0 aromatic heterocycles. The standard InChI is InChI=1S/C24H25ClN2O2S2/c1-16-7-12-20(17(2)14-16)26-22(28)6-4-3-5-13-27-23(29)21(31-24(27)30)15-18-8-10-19(25)11-9-18/h7-12,14-15H,3-6,13H2,1-2H3,(H,26,28). The molecule has 0 radical (unpaired) electrons. The number of thiocarbonyl (C=S) groups is 1. The molecule has 0 bridgehead atoms. The number of hydrogen-bond acceptors (Lipinski definition) is 4. The van der Waals surface area contributed by atoms with E-state index in [-0.39, 0.29) is 11.8 Å². The molecule has 0 unspecified atom stereocenters. The van der Waals surface area contributed by atoms with E-state index in [1.165, 1.54) is 17.3 Å². The van der Waals surface area contributed by atoms with Crippen molar-refractivity contribution in [2.45, 2.75) is 39.5 Å². The van der Waals surface area contributed by atoms with Crippen molar-refractivity contribution in [3.8, 4) is 0 Å². The van der Waals surface area contributed by atoms with E-state index in [1.807, 2.05) is 44.2 Å². The van der Waals surface area contributed by atoms with Crippen molar-refractivity contribution in [2.75, 3.05) is 11.9 Å². The van der Waals surface area contributed by atoms with E-state index in [0.717, 1.165) is 36.1 Å². The number of carbonyl (C=O) groups excluding carboxylic acids is 2. The lowest BCUT2D eigenvalue weighted by Crippen LogP contribution is -2.29. The molecule has 2 amide bonds. The van der Waals surface area contributed by atoms with Gasteiger partial charge < -0.3 is 5.32 Å². The molecule has 1 heterocycles. The van der Waals surface area contributed by atoms with Crippen LogP contribution in [0.1, 0.15) is 42.4 Å². The zero-order valence-electron chi connectivity index (χ0n) is 17.6. The SMILES string of the molecule is Cc1ccc(NC(=O)CCCCCN2C(=O)C(=Cc3ccc(Cl)cc3)SC2=S)c(C)c1. The minimum atomic E-state index is -0.0578. The van der Waals surface area contributed by atoms with E-state index in [9.17, 15) is 9.59 Å². The van der Waals surface area contributed by atoms with Crippen LogP contribution in [-0.2, 0) is 9.59 Å². The minimum absolute atomic E-state index is 0.0171. The molecule has 0 spiro atoms. The van der Waals surface area contributed by atoms with Crippen molar-refractivity contribution in [1.82, 2.24) is 4.90 Å². The molecular weight excluding hydrogens is 448 g/mol. The van der Waals surface area contributed by atoms with Crippen LogP contribution in [0.25, 0.3) is 6.08 Å². The predicted octanol–water partition coefficient (Wildman–Crippen LogP) is 6.36. The zero-order chi connectivity index (χ0) is 22.4. The van der Waals surface area contributed by atoms with Gasteiger partial charge in [-0.15, -0.1) is 0 Å². The molecule has 3 rings (SSSR count).